The van der Waals surface area contributed by atoms with E-state index in [9.17, 15) is 14.4 Å². The Morgan fingerprint density at radius 2 is 2.00 bits per heavy atom. The van der Waals surface area contributed by atoms with E-state index in [0.29, 0.717) is 30.5 Å². The van der Waals surface area contributed by atoms with Gasteiger partial charge in [-0.2, -0.15) is 0 Å². The minimum Gasteiger partial charge on any atom is -0.451 e. The third-order valence-corrected chi connectivity index (χ3v) is 5.50. The summed E-state index contributed by atoms with van der Waals surface area (Å²) in [6, 6.07) is 5.49. The third kappa shape index (κ3) is 3.94. The first-order chi connectivity index (χ1) is 14.3. The van der Waals surface area contributed by atoms with Gasteiger partial charge in [-0.05, 0) is 38.0 Å². The van der Waals surface area contributed by atoms with Crippen LogP contribution in [-0.2, 0) is 6.54 Å². The number of fused-ring (bicyclic) bond motifs is 1. The molecule has 1 aromatic carbocycles. The lowest BCUT2D eigenvalue weighted by Crippen LogP contribution is -2.41. The van der Waals surface area contributed by atoms with Gasteiger partial charge in [0, 0.05) is 28.5 Å². The molecule has 3 rings (SSSR count). The maximum absolute atomic E-state index is 13.5. The van der Waals surface area contributed by atoms with Crippen molar-refractivity contribution in [2.24, 2.45) is 0 Å². The number of aromatic nitrogens is 2. The fourth-order valence-corrected chi connectivity index (χ4v) is 3.80. The highest BCUT2D eigenvalue weighted by Gasteiger charge is 2.29. The van der Waals surface area contributed by atoms with Crippen molar-refractivity contribution in [3.8, 4) is 0 Å². The maximum Gasteiger partial charge on any atom is 0.330 e. The monoisotopic (exact) mass is 476 g/mol. The molecule has 8 nitrogen and oxygen atoms in total. The van der Waals surface area contributed by atoms with Crippen LogP contribution < -0.4 is 21.9 Å². The number of nitrogens with one attached hydrogen (secondary N) is 1. The number of nitrogens with zero attached hydrogens (tertiary/aromatic N) is 2. The molecule has 0 aliphatic rings. The van der Waals surface area contributed by atoms with Crippen molar-refractivity contribution in [2.75, 3.05) is 17.2 Å². The van der Waals surface area contributed by atoms with Crippen molar-refractivity contribution in [3.05, 3.63) is 54.8 Å². The summed E-state index contributed by atoms with van der Waals surface area (Å²) in [4.78, 5) is 42.0. The van der Waals surface area contributed by atoms with Gasteiger partial charge in [0.15, 0.2) is 11.4 Å². The Kier molecular flexibility index (Phi) is 6.50. The summed E-state index contributed by atoms with van der Waals surface area (Å²) in [5, 5.41) is 0.806. The third-order valence-electron chi connectivity index (χ3n) is 5.00. The van der Waals surface area contributed by atoms with Crippen LogP contribution >= 0.6 is 15.9 Å². The smallest absolute Gasteiger partial charge is 0.330 e. The molecule has 2 aromatic heterocycles. The lowest BCUT2D eigenvalue weighted by atomic mass is 10.1. The Labute approximate surface area is 181 Å². The SMILES string of the molecule is CCCCN(C(=O)c1oc2ccc(Br)cc2c1C)c1c(N)n(CCC)c(=O)[nH]c1=O. The van der Waals surface area contributed by atoms with Crippen molar-refractivity contribution >= 4 is 44.3 Å². The number of carbonyl (C=O) groups excluding carboxylic acids is 1. The van der Waals surface area contributed by atoms with E-state index in [0.717, 1.165) is 16.3 Å². The number of furan rings is 1. The number of carbonyl (C=O) groups is 1. The van der Waals surface area contributed by atoms with E-state index in [1.807, 2.05) is 26.0 Å². The van der Waals surface area contributed by atoms with Crippen LogP contribution in [0.5, 0.6) is 0 Å². The average Bonchev–Trinajstić information content (AvgIpc) is 3.03. The predicted molar refractivity (Wildman–Crippen MR) is 121 cm³/mol. The lowest BCUT2D eigenvalue weighted by molar-refractivity contribution is 0.0961. The van der Waals surface area contributed by atoms with Crippen molar-refractivity contribution < 1.29 is 9.21 Å². The van der Waals surface area contributed by atoms with Gasteiger partial charge in [0.2, 0.25) is 0 Å². The number of aryl methyl sites for hydroxylation is 1. The number of nitrogen functional groups attached to an aromatic ring is 1. The second kappa shape index (κ2) is 8.91. The number of H-pyrrole nitrogens is 1. The first-order valence-corrected chi connectivity index (χ1v) is 10.7. The van der Waals surface area contributed by atoms with Gasteiger partial charge < -0.3 is 10.2 Å². The molecular formula is C21H25BrN4O4. The first kappa shape index (κ1) is 21.9. The molecule has 9 heteroatoms. The zero-order valence-corrected chi connectivity index (χ0v) is 18.8. The van der Waals surface area contributed by atoms with Gasteiger partial charge >= 0.3 is 5.69 Å². The molecule has 0 bridgehead atoms. The Morgan fingerprint density at radius 1 is 1.27 bits per heavy atom. The van der Waals surface area contributed by atoms with Gasteiger partial charge in [-0.15, -0.1) is 0 Å². The molecule has 3 aromatic rings. The van der Waals surface area contributed by atoms with Gasteiger partial charge in [-0.25, -0.2) is 4.79 Å². The van der Waals surface area contributed by atoms with Crippen molar-refractivity contribution in [1.29, 1.82) is 0 Å². The summed E-state index contributed by atoms with van der Waals surface area (Å²) < 4.78 is 8.00. The number of anilines is 2. The van der Waals surface area contributed by atoms with Gasteiger partial charge in [0.05, 0.1) is 0 Å². The van der Waals surface area contributed by atoms with Crippen LogP contribution in [0, 0.1) is 6.92 Å². The molecule has 160 valence electrons. The molecule has 0 aliphatic heterocycles. The van der Waals surface area contributed by atoms with Gasteiger partial charge in [-0.3, -0.25) is 24.0 Å². The largest absolute Gasteiger partial charge is 0.451 e. The molecule has 0 unspecified atom stereocenters. The van der Waals surface area contributed by atoms with E-state index in [-0.39, 0.29) is 23.8 Å². The first-order valence-electron chi connectivity index (χ1n) is 9.93. The molecule has 0 saturated heterocycles. The van der Waals surface area contributed by atoms with E-state index in [1.165, 1.54) is 9.47 Å². The van der Waals surface area contributed by atoms with Crippen molar-refractivity contribution in [2.45, 2.75) is 46.6 Å². The number of nitrogens with two attached hydrogens (primary N) is 1. The van der Waals surface area contributed by atoms with Crippen molar-refractivity contribution in [3.63, 3.8) is 0 Å². The maximum atomic E-state index is 13.5. The van der Waals surface area contributed by atoms with Crippen LogP contribution in [0.4, 0.5) is 11.5 Å². The predicted octanol–water partition coefficient (Wildman–Crippen LogP) is 3.79. The summed E-state index contributed by atoms with van der Waals surface area (Å²) in [5.74, 6) is -0.343. The second-order valence-corrected chi connectivity index (χ2v) is 8.07. The lowest BCUT2D eigenvalue weighted by Gasteiger charge is -2.23. The van der Waals surface area contributed by atoms with Crippen LogP contribution in [-0.4, -0.2) is 22.0 Å². The van der Waals surface area contributed by atoms with E-state index in [2.05, 4.69) is 20.9 Å². The summed E-state index contributed by atoms with van der Waals surface area (Å²) in [6.07, 6.45) is 2.11. The van der Waals surface area contributed by atoms with Gasteiger partial charge in [-0.1, -0.05) is 36.2 Å². The van der Waals surface area contributed by atoms with E-state index < -0.39 is 17.2 Å². The van der Waals surface area contributed by atoms with Crippen LogP contribution in [0.15, 0.2) is 36.7 Å². The minimum atomic E-state index is -0.689. The number of unbranched alkanes of at least 4 members (excludes halogenated alkanes) is 1. The second-order valence-electron chi connectivity index (χ2n) is 7.15. The highest BCUT2D eigenvalue weighted by Crippen LogP contribution is 2.30. The molecule has 0 fully saturated rings. The topological polar surface area (TPSA) is 114 Å². The summed E-state index contributed by atoms with van der Waals surface area (Å²) in [5.41, 5.74) is 6.15. The van der Waals surface area contributed by atoms with Crippen LogP contribution in [0.25, 0.3) is 11.0 Å². The zero-order valence-electron chi connectivity index (χ0n) is 17.3. The number of halogens is 1. The number of rotatable bonds is 7. The van der Waals surface area contributed by atoms with Crippen LogP contribution in [0.3, 0.4) is 0 Å². The van der Waals surface area contributed by atoms with E-state index in [1.54, 1.807) is 13.0 Å². The minimum absolute atomic E-state index is 0.0217. The number of amides is 1. The van der Waals surface area contributed by atoms with Gasteiger partial charge in [0.1, 0.15) is 11.4 Å². The molecule has 0 saturated carbocycles. The Hall–Kier alpha value is -2.81. The molecular weight excluding hydrogens is 452 g/mol. The Morgan fingerprint density at radius 3 is 2.67 bits per heavy atom. The quantitative estimate of drug-likeness (QED) is 0.538. The number of aromatic amines is 1. The molecule has 3 N–H and O–H groups in total. The zero-order chi connectivity index (χ0) is 22.0. The number of hydrogen-bond acceptors (Lipinski definition) is 5. The molecule has 1 amide bonds. The number of benzene rings is 1. The van der Waals surface area contributed by atoms with Crippen molar-refractivity contribution in [1.82, 2.24) is 9.55 Å². The fraction of sp³-hybridized carbons (Fsp3) is 0.381. The summed E-state index contributed by atoms with van der Waals surface area (Å²) in [7, 11) is 0. The van der Waals surface area contributed by atoms with E-state index >= 15 is 0 Å². The highest BCUT2D eigenvalue weighted by molar-refractivity contribution is 9.10. The normalized spacial score (nSPS) is 11.2. The molecule has 0 spiro atoms. The number of hydrogen-bond donors (Lipinski definition) is 2. The molecule has 30 heavy (non-hydrogen) atoms. The molecule has 2 heterocycles. The van der Waals surface area contributed by atoms with Gasteiger partial charge in [0.25, 0.3) is 11.5 Å². The summed E-state index contributed by atoms with van der Waals surface area (Å²) in [6.45, 7) is 6.29. The highest BCUT2D eigenvalue weighted by atomic mass is 79.9. The Balaban J connectivity index is 2.18. The molecule has 0 atom stereocenters. The van der Waals surface area contributed by atoms with E-state index in [4.69, 9.17) is 10.2 Å². The standard InChI is InChI=1S/C21H25BrN4O4/c1-4-6-10-25(16-18(23)26(9-5-2)21(29)24-19(16)27)20(28)17-12(3)14-11-13(22)7-8-15(14)30-17/h7-8,11H,4-6,9-10,23H2,1-3H3,(H,24,27,29). The van der Waals surface area contributed by atoms with Crippen LogP contribution in [0.1, 0.15) is 49.2 Å². The molecule has 0 radical (unpaired) electrons. The average molecular weight is 477 g/mol. The summed E-state index contributed by atoms with van der Waals surface area (Å²) >= 11 is 3.43. The van der Waals surface area contributed by atoms with Crippen LogP contribution in [0.2, 0.25) is 0 Å². The molecule has 0 aliphatic carbocycles. The fourth-order valence-electron chi connectivity index (χ4n) is 3.43. The Bertz CT molecular complexity index is 1210.